The summed E-state index contributed by atoms with van der Waals surface area (Å²) in [7, 11) is 0. The molecule has 0 saturated carbocycles. The number of nitrogens with one attached hydrogen (secondary N) is 2. The molecule has 0 fully saturated rings. The molecule has 6 nitrogen and oxygen atoms in total. The summed E-state index contributed by atoms with van der Waals surface area (Å²) in [5.41, 5.74) is 12.8. The number of nitrogen functional groups attached to an aromatic ring is 2. The minimum atomic E-state index is -4.63. The van der Waals surface area contributed by atoms with Crippen molar-refractivity contribution < 1.29 is 22.8 Å². The van der Waals surface area contributed by atoms with Crippen molar-refractivity contribution in [3.63, 3.8) is 0 Å². The molecule has 0 aromatic heterocycles. The van der Waals surface area contributed by atoms with Gasteiger partial charge >= 0.3 is 6.18 Å². The fourth-order valence-electron chi connectivity index (χ4n) is 3.04. The molecular weight excluding hydrogens is 421 g/mol. The van der Waals surface area contributed by atoms with Crippen LogP contribution >= 0.6 is 0 Å². The molecule has 166 valence electrons. The van der Waals surface area contributed by atoms with Crippen LogP contribution in [0.2, 0.25) is 0 Å². The van der Waals surface area contributed by atoms with Crippen LogP contribution in [0.25, 0.3) is 0 Å². The Kier molecular flexibility index (Phi) is 6.11. The second-order valence-corrected chi connectivity index (χ2v) is 7.31. The van der Waals surface area contributed by atoms with E-state index in [1.807, 2.05) is 0 Å². The number of carbonyl (C=O) groups excluding carboxylic acids is 2. The fraction of sp³-hybridized carbons (Fsp3) is 0.130. The number of benzene rings is 3. The van der Waals surface area contributed by atoms with Gasteiger partial charge in [-0.25, -0.2) is 0 Å². The molecule has 3 rings (SSSR count). The lowest BCUT2D eigenvalue weighted by Crippen LogP contribution is -2.16. The van der Waals surface area contributed by atoms with Crippen LogP contribution in [0.3, 0.4) is 0 Å². The third kappa shape index (κ3) is 5.00. The standard InChI is InChI=1S/C23H21F3N4O2/c1-12-9-14(3-6-18(12)27)22(32)30-20-8-4-15(10-13(20)2)21(31)29-16-5-7-19(28)17(11-16)23(24,25)26/h3-11H,27-28H2,1-2H3,(H,29,31)(H,30,32). The van der Waals surface area contributed by atoms with E-state index in [2.05, 4.69) is 10.6 Å². The predicted octanol–water partition coefficient (Wildman–Crippen LogP) is 4.99. The second kappa shape index (κ2) is 8.62. The number of halogens is 3. The quantitative estimate of drug-likeness (QED) is 0.427. The van der Waals surface area contributed by atoms with E-state index in [4.69, 9.17) is 11.5 Å². The number of aryl methyl sites for hydroxylation is 2. The Morgan fingerprint density at radius 2 is 1.31 bits per heavy atom. The van der Waals surface area contributed by atoms with Gasteiger partial charge in [-0.1, -0.05) is 0 Å². The lowest BCUT2D eigenvalue weighted by Gasteiger charge is -2.13. The molecule has 0 atom stereocenters. The number of hydrogen-bond donors (Lipinski definition) is 4. The first-order valence-electron chi connectivity index (χ1n) is 9.52. The molecule has 0 unspecified atom stereocenters. The first kappa shape index (κ1) is 22.7. The van der Waals surface area contributed by atoms with Gasteiger partial charge in [0, 0.05) is 33.9 Å². The highest BCUT2D eigenvalue weighted by molar-refractivity contribution is 6.07. The van der Waals surface area contributed by atoms with Crippen LogP contribution in [0.5, 0.6) is 0 Å². The molecule has 0 bridgehead atoms. The average molecular weight is 442 g/mol. The van der Waals surface area contributed by atoms with E-state index in [1.54, 1.807) is 38.1 Å². The van der Waals surface area contributed by atoms with E-state index >= 15 is 0 Å². The summed E-state index contributed by atoms with van der Waals surface area (Å²) < 4.78 is 39.1. The van der Waals surface area contributed by atoms with Gasteiger partial charge in [0.15, 0.2) is 0 Å². The van der Waals surface area contributed by atoms with E-state index in [9.17, 15) is 22.8 Å². The summed E-state index contributed by atoms with van der Waals surface area (Å²) in [6.07, 6.45) is -4.63. The molecule has 2 amide bonds. The SMILES string of the molecule is Cc1cc(C(=O)Nc2ccc(C(=O)Nc3ccc(N)c(C(F)(F)F)c3)cc2C)ccc1N. The van der Waals surface area contributed by atoms with Crippen LogP contribution in [0.4, 0.5) is 35.9 Å². The number of alkyl halides is 3. The van der Waals surface area contributed by atoms with Crippen molar-refractivity contribution in [1.29, 1.82) is 0 Å². The average Bonchev–Trinajstić information content (AvgIpc) is 2.72. The highest BCUT2D eigenvalue weighted by Crippen LogP contribution is 2.35. The summed E-state index contributed by atoms with van der Waals surface area (Å²) in [5.74, 6) is -0.937. The smallest absolute Gasteiger partial charge is 0.399 e. The van der Waals surface area contributed by atoms with Crippen molar-refractivity contribution in [2.75, 3.05) is 22.1 Å². The Labute approximate surface area is 182 Å². The van der Waals surface area contributed by atoms with E-state index in [0.717, 1.165) is 17.7 Å². The molecule has 0 aliphatic carbocycles. The van der Waals surface area contributed by atoms with Crippen LogP contribution in [0, 0.1) is 13.8 Å². The molecule has 3 aromatic rings. The number of amides is 2. The second-order valence-electron chi connectivity index (χ2n) is 7.31. The lowest BCUT2D eigenvalue weighted by molar-refractivity contribution is -0.136. The van der Waals surface area contributed by atoms with E-state index in [1.165, 1.54) is 18.2 Å². The molecule has 0 radical (unpaired) electrons. The highest BCUT2D eigenvalue weighted by atomic mass is 19.4. The van der Waals surface area contributed by atoms with Crippen LogP contribution < -0.4 is 22.1 Å². The molecule has 0 aliphatic heterocycles. The van der Waals surface area contributed by atoms with Crippen molar-refractivity contribution in [1.82, 2.24) is 0 Å². The minimum Gasteiger partial charge on any atom is -0.399 e. The summed E-state index contributed by atoms with van der Waals surface area (Å²) in [4.78, 5) is 25.0. The Bertz CT molecular complexity index is 1210. The van der Waals surface area contributed by atoms with E-state index in [0.29, 0.717) is 22.5 Å². The topological polar surface area (TPSA) is 110 Å². The molecule has 9 heteroatoms. The van der Waals surface area contributed by atoms with E-state index < -0.39 is 23.3 Å². The van der Waals surface area contributed by atoms with Crippen molar-refractivity contribution in [2.24, 2.45) is 0 Å². The number of hydrogen-bond acceptors (Lipinski definition) is 4. The molecule has 0 saturated heterocycles. The molecule has 0 aliphatic rings. The minimum absolute atomic E-state index is 0.0368. The summed E-state index contributed by atoms with van der Waals surface area (Å²) in [6, 6.07) is 12.6. The molecule has 6 N–H and O–H groups in total. The normalized spacial score (nSPS) is 11.2. The van der Waals surface area contributed by atoms with Gasteiger partial charge in [0.1, 0.15) is 0 Å². The molecule has 0 heterocycles. The van der Waals surface area contributed by atoms with Crippen LogP contribution in [-0.2, 0) is 6.18 Å². The number of anilines is 4. The van der Waals surface area contributed by atoms with Gasteiger partial charge < -0.3 is 22.1 Å². The Morgan fingerprint density at radius 3 is 1.91 bits per heavy atom. The van der Waals surface area contributed by atoms with Gasteiger partial charge in [0.2, 0.25) is 0 Å². The summed E-state index contributed by atoms with van der Waals surface area (Å²) in [6.45, 7) is 3.50. The third-order valence-corrected chi connectivity index (χ3v) is 4.89. The van der Waals surface area contributed by atoms with Gasteiger partial charge in [-0.05, 0) is 79.6 Å². The van der Waals surface area contributed by atoms with Crippen molar-refractivity contribution in [3.05, 3.63) is 82.4 Å². The molecule has 0 spiro atoms. The monoisotopic (exact) mass is 442 g/mol. The molecular formula is C23H21F3N4O2. The zero-order valence-electron chi connectivity index (χ0n) is 17.3. The van der Waals surface area contributed by atoms with Crippen LogP contribution in [-0.4, -0.2) is 11.8 Å². The number of nitrogens with two attached hydrogens (primary N) is 2. The maximum Gasteiger partial charge on any atom is 0.418 e. The van der Waals surface area contributed by atoms with Gasteiger partial charge in [-0.2, -0.15) is 13.2 Å². The summed E-state index contributed by atoms with van der Waals surface area (Å²) >= 11 is 0. The molecule has 32 heavy (non-hydrogen) atoms. The Hall–Kier alpha value is -4.01. The predicted molar refractivity (Wildman–Crippen MR) is 119 cm³/mol. The maximum absolute atomic E-state index is 13.0. The maximum atomic E-state index is 13.0. The first-order valence-corrected chi connectivity index (χ1v) is 9.52. The van der Waals surface area contributed by atoms with Gasteiger partial charge in [-0.3, -0.25) is 9.59 Å². The third-order valence-electron chi connectivity index (χ3n) is 4.89. The first-order chi connectivity index (χ1) is 15.0. The van der Waals surface area contributed by atoms with Crippen molar-refractivity contribution in [3.8, 4) is 0 Å². The van der Waals surface area contributed by atoms with Crippen molar-refractivity contribution >= 4 is 34.6 Å². The molecule has 3 aromatic carbocycles. The zero-order valence-corrected chi connectivity index (χ0v) is 17.3. The zero-order chi connectivity index (χ0) is 23.6. The van der Waals surface area contributed by atoms with Crippen LogP contribution in [0.15, 0.2) is 54.6 Å². The Morgan fingerprint density at radius 1 is 0.750 bits per heavy atom. The largest absolute Gasteiger partial charge is 0.418 e. The highest BCUT2D eigenvalue weighted by Gasteiger charge is 2.33. The van der Waals surface area contributed by atoms with Gasteiger partial charge in [-0.15, -0.1) is 0 Å². The number of carbonyl (C=O) groups is 2. The van der Waals surface area contributed by atoms with Crippen molar-refractivity contribution in [2.45, 2.75) is 20.0 Å². The van der Waals surface area contributed by atoms with Gasteiger partial charge in [0.25, 0.3) is 11.8 Å². The summed E-state index contributed by atoms with van der Waals surface area (Å²) in [5, 5.41) is 5.20. The van der Waals surface area contributed by atoms with Crippen LogP contribution in [0.1, 0.15) is 37.4 Å². The number of rotatable bonds is 4. The Balaban J connectivity index is 1.75. The lowest BCUT2D eigenvalue weighted by atomic mass is 10.1. The fourth-order valence-corrected chi connectivity index (χ4v) is 3.04. The van der Waals surface area contributed by atoms with E-state index in [-0.39, 0.29) is 17.2 Å². The van der Waals surface area contributed by atoms with Gasteiger partial charge in [0.05, 0.1) is 5.56 Å².